The summed E-state index contributed by atoms with van der Waals surface area (Å²) in [5.41, 5.74) is 0.577. The largest absolute Gasteiger partial charge is 0.388 e. The molecule has 1 saturated heterocycles. The zero-order valence-corrected chi connectivity index (χ0v) is 8.95. The first-order chi connectivity index (χ1) is 8.11. The second-order valence-corrected chi connectivity index (χ2v) is 3.89. The van der Waals surface area contributed by atoms with Crippen molar-refractivity contribution in [2.45, 2.75) is 12.2 Å². The number of nitriles is 1. The van der Waals surface area contributed by atoms with Crippen LogP contribution in [0.25, 0.3) is 0 Å². The van der Waals surface area contributed by atoms with Crippen molar-refractivity contribution in [1.82, 2.24) is 9.88 Å². The summed E-state index contributed by atoms with van der Waals surface area (Å²) in [6.45, 7) is 0.198. The molecule has 2 unspecified atom stereocenters. The number of aliphatic hydroxyl groups excluding tert-OH is 2. The molecule has 2 rings (SSSR count). The van der Waals surface area contributed by atoms with E-state index in [1.54, 1.807) is 0 Å². The van der Waals surface area contributed by atoms with E-state index in [0.717, 1.165) is 0 Å². The minimum Gasteiger partial charge on any atom is -0.388 e. The first-order valence-electron chi connectivity index (χ1n) is 5.13. The van der Waals surface area contributed by atoms with Gasteiger partial charge in [-0.25, -0.2) is 4.98 Å². The molecule has 1 aromatic heterocycles. The zero-order chi connectivity index (χ0) is 12.4. The van der Waals surface area contributed by atoms with E-state index in [2.05, 4.69) is 4.98 Å². The normalized spacial score (nSPS) is 23.5. The highest BCUT2D eigenvalue weighted by Crippen LogP contribution is 2.13. The van der Waals surface area contributed by atoms with Crippen LogP contribution >= 0.6 is 0 Å². The van der Waals surface area contributed by atoms with Gasteiger partial charge in [-0.2, -0.15) is 5.26 Å². The molecule has 1 aromatic rings. The summed E-state index contributed by atoms with van der Waals surface area (Å²) in [7, 11) is 0. The Kier molecular flexibility index (Phi) is 3.04. The molecule has 1 amide bonds. The van der Waals surface area contributed by atoms with Gasteiger partial charge in [0.25, 0.3) is 5.91 Å². The molecule has 0 bridgehead atoms. The molecule has 1 aliphatic heterocycles. The van der Waals surface area contributed by atoms with Gasteiger partial charge in [-0.15, -0.1) is 0 Å². The van der Waals surface area contributed by atoms with Gasteiger partial charge in [0.05, 0.1) is 17.8 Å². The van der Waals surface area contributed by atoms with Gasteiger partial charge < -0.3 is 15.1 Å². The van der Waals surface area contributed by atoms with Crippen molar-refractivity contribution < 1.29 is 15.0 Å². The van der Waals surface area contributed by atoms with Crippen LogP contribution < -0.4 is 0 Å². The second-order valence-electron chi connectivity index (χ2n) is 3.89. The van der Waals surface area contributed by atoms with E-state index >= 15 is 0 Å². The van der Waals surface area contributed by atoms with Gasteiger partial charge in [-0.05, 0) is 12.1 Å². The number of pyridine rings is 1. The molecule has 0 spiro atoms. The molecular weight excluding hydrogens is 222 g/mol. The average molecular weight is 233 g/mol. The van der Waals surface area contributed by atoms with Crippen LogP contribution in [-0.4, -0.2) is 51.3 Å². The van der Waals surface area contributed by atoms with Crippen LogP contribution in [0.3, 0.4) is 0 Å². The van der Waals surface area contributed by atoms with Gasteiger partial charge in [0.2, 0.25) is 0 Å². The number of aromatic nitrogens is 1. The smallest absolute Gasteiger partial charge is 0.272 e. The van der Waals surface area contributed by atoms with Gasteiger partial charge in [-0.3, -0.25) is 4.79 Å². The van der Waals surface area contributed by atoms with Crippen LogP contribution in [0, 0.1) is 11.3 Å². The Morgan fingerprint density at radius 2 is 2.06 bits per heavy atom. The van der Waals surface area contributed by atoms with E-state index in [9.17, 15) is 15.0 Å². The fraction of sp³-hybridized carbons (Fsp3) is 0.364. The Morgan fingerprint density at radius 1 is 1.41 bits per heavy atom. The van der Waals surface area contributed by atoms with Crippen LogP contribution in [0.15, 0.2) is 18.3 Å². The second kappa shape index (κ2) is 4.49. The zero-order valence-electron chi connectivity index (χ0n) is 8.95. The third-order valence-corrected chi connectivity index (χ3v) is 2.66. The molecule has 2 atom stereocenters. The van der Waals surface area contributed by atoms with Gasteiger partial charge in [0, 0.05) is 19.3 Å². The average Bonchev–Trinajstić information content (AvgIpc) is 2.69. The summed E-state index contributed by atoms with van der Waals surface area (Å²) in [4.78, 5) is 17.1. The Hall–Kier alpha value is -1.97. The number of carbonyl (C=O) groups excluding carboxylic acids is 1. The Bertz CT molecular complexity index is 456. The number of β-amino-alcohol motifs (C(OH)–C–C–N with tert-alkyl or cyclic N) is 2. The van der Waals surface area contributed by atoms with E-state index in [0.29, 0.717) is 5.56 Å². The summed E-state index contributed by atoms with van der Waals surface area (Å²) >= 11 is 0. The molecule has 6 nitrogen and oxygen atoms in total. The van der Waals surface area contributed by atoms with Gasteiger partial charge in [-0.1, -0.05) is 0 Å². The minimum atomic E-state index is -0.905. The summed E-state index contributed by atoms with van der Waals surface area (Å²) in [5, 5.41) is 27.3. The number of aliphatic hydroxyl groups is 2. The van der Waals surface area contributed by atoms with Crippen LogP contribution in [0.1, 0.15) is 16.1 Å². The number of hydrogen-bond acceptors (Lipinski definition) is 5. The van der Waals surface area contributed by atoms with Crippen molar-refractivity contribution in [3.8, 4) is 6.07 Å². The van der Waals surface area contributed by atoms with E-state index in [4.69, 9.17) is 5.26 Å². The van der Waals surface area contributed by atoms with Crippen molar-refractivity contribution in [3.05, 3.63) is 29.6 Å². The van der Waals surface area contributed by atoms with Crippen molar-refractivity contribution >= 4 is 5.91 Å². The lowest BCUT2D eigenvalue weighted by molar-refractivity contribution is 0.0572. The molecule has 0 aliphatic carbocycles. The molecule has 2 N–H and O–H groups in total. The van der Waals surface area contributed by atoms with Crippen molar-refractivity contribution in [3.63, 3.8) is 0 Å². The highest BCUT2D eigenvalue weighted by molar-refractivity contribution is 5.92. The molecular formula is C11H11N3O3. The molecule has 0 radical (unpaired) electrons. The first-order valence-corrected chi connectivity index (χ1v) is 5.13. The van der Waals surface area contributed by atoms with Crippen LogP contribution in [-0.2, 0) is 0 Å². The quantitative estimate of drug-likeness (QED) is 0.657. The lowest BCUT2D eigenvalue weighted by Gasteiger charge is -2.14. The van der Waals surface area contributed by atoms with Gasteiger partial charge in [0.15, 0.2) is 0 Å². The van der Waals surface area contributed by atoms with Crippen LogP contribution in [0.5, 0.6) is 0 Å². The molecule has 1 aliphatic rings. The lowest BCUT2D eigenvalue weighted by Crippen LogP contribution is -2.30. The number of hydrogen-bond donors (Lipinski definition) is 2. The molecule has 88 valence electrons. The summed E-state index contributed by atoms with van der Waals surface area (Å²) in [5.74, 6) is -0.356. The monoisotopic (exact) mass is 233 g/mol. The standard InChI is InChI=1S/C11H11N3O3/c12-3-7-1-2-8(13-4-7)11(17)14-5-9(15)10(16)6-14/h1-2,4,9-10,15-16H,5-6H2. The molecule has 0 saturated carbocycles. The summed E-state index contributed by atoms with van der Waals surface area (Å²) in [6.07, 6.45) is -0.495. The third-order valence-electron chi connectivity index (χ3n) is 2.66. The van der Waals surface area contributed by atoms with Crippen molar-refractivity contribution in [2.24, 2.45) is 0 Å². The number of likely N-dealkylation sites (tertiary alicyclic amines) is 1. The van der Waals surface area contributed by atoms with Gasteiger partial charge in [0.1, 0.15) is 11.8 Å². The van der Waals surface area contributed by atoms with Crippen molar-refractivity contribution in [2.75, 3.05) is 13.1 Å². The molecule has 6 heteroatoms. The maximum absolute atomic E-state index is 11.9. The number of rotatable bonds is 1. The van der Waals surface area contributed by atoms with E-state index in [1.807, 2.05) is 6.07 Å². The molecule has 2 heterocycles. The van der Waals surface area contributed by atoms with E-state index in [1.165, 1.54) is 23.2 Å². The molecule has 1 fully saturated rings. The maximum atomic E-state index is 11.9. The molecule has 17 heavy (non-hydrogen) atoms. The Balaban J connectivity index is 2.12. The fourth-order valence-electron chi connectivity index (χ4n) is 1.68. The fourth-order valence-corrected chi connectivity index (χ4v) is 1.68. The van der Waals surface area contributed by atoms with Crippen LogP contribution in [0.4, 0.5) is 0 Å². The predicted molar refractivity (Wildman–Crippen MR) is 56.9 cm³/mol. The molecule has 0 aromatic carbocycles. The van der Waals surface area contributed by atoms with E-state index < -0.39 is 12.2 Å². The summed E-state index contributed by atoms with van der Waals surface area (Å²) < 4.78 is 0. The van der Waals surface area contributed by atoms with Crippen molar-refractivity contribution in [1.29, 1.82) is 5.26 Å². The highest BCUT2D eigenvalue weighted by Gasteiger charge is 2.33. The van der Waals surface area contributed by atoms with Crippen LogP contribution in [0.2, 0.25) is 0 Å². The Labute approximate surface area is 97.7 Å². The first kappa shape index (κ1) is 11.5. The van der Waals surface area contributed by atoms with E-state index in [-0.39, 0.29) is 24.7 Å². The summed E-state index contributed by atoms with van der Waals surface area (Å²) in [6, 6.07) is 4.87. The number of nitrogens with zero attached hydrogens (tertiary/aromatic N) is 3. The lowest BCUT2D eigenvalue weighted by atomic mass is 10.2. The SMILES string of the molecule is N#Cc1ccc(C(=O)N2CC(O)C(O)C2)nc1. The maximum Gasteiger partial charge on any atom is 0.272 e. The third kappa shape index (κ3) is 2.25. The number of amides is 1. The predicted octanol–water partition coefficient (Wildman–Crippen LogP) is -0.869. The topological polar surface area (TPSA) is 97.5 Å². The number of carbonyl (C=O) groups is 1. The van der Waals surface area contributed by atoms with Gasteiger partial charge >= 0.3 is 0 Å². The Morgan fingerprint density at radius 3 is 2.53 bits per heavy atom. The minimum absolute atomic E-state index is 0.0989. The highest BCUT2D eigenvalue weighted by atomic mass is 16.3.